The Balaban J connectivity index is 1.77. The van der Waals surface area contributed by atoms with E-state index in [4.69, 9.17) is 9.47 Å². The first kappa shape index (κ1) is 15.4. The van der Waals surface area contributed by atoms with Crippen LogP contribution in [0.25, 0.3) is 11.3 Å². The molecule has 1 amide bonds. The van der Waals surface area contributed by atoms with Crippen LogP contribution in [0.2, 0.25) is 0 Å². The summed E-state index contributed by atoms with van der Waals surface area (Å²) >= 11 is 0. The molecule has 0 saturated carbocycles. The van der Waals surface area contributed by atoms with Gasteiger partial charge in [-0.15, -0.1) is 0 Å². The Morgan fingerprint density at radius 2 is 2.09 bits per heavy atom. The lowest BCUT2D eigenvalue weighted by Gasteiger charge is -2.05. The van der Waals surface area contributed by atoms with Gasteiger partial charge in [0.2, 0.25) is 6.79 Å². The molecule has 0 fully saturated rings. The van der Waals surface area contributed by atoms with Gasteiger partial charge in [-0.1, -0.05) is 13.8 Å². The van der Waals surface area contributed by atoms with E-state index >= 15 is 0 Å². The summed E-state index contributed by atoms with van der Waals surface area (Å²) in [4.78, 5) is 12.2. The smallest absolute Gasteiger partial charge is 0.271 e. The summed E-state index contributed by atoms with van der Waals surface area (Å²) < 4.78 is 12.4. The molecule has 1 N–H and O–H groups in total. The fourth-order valence-electron chi connectivity index (χ4n) is 2.47. The van der Waals surface area contributed by atoms with Gasteiger partial charge in [0.25, 0.3) is 5.91 Å². The molecule has 1 aromatic carbocycles. The number of hydrogen-bond acceptors (Lipinski definition) is 4. The van der Waals surface area contributed by atoms with Crippen LogP contribution in [-0.4, -0.2) is 29.0 Å². The largest absolute Gasteiger partial charge is 0.454 e. The van der Waals surface area contributed by atoms with Gasteiger partial charge in [0.15, 0.2) is 17.2 Å². The molecule has 1 aromatic heterocycles. The number of carbonyl (C=O) groups is 1. The van der Waals surface area contributed by atoms with Crippen LogP contribution in [0.15, 0.2) is 24.3 Å². The first-order valence-corrected chi connectivity index (χ1v) is 7.77. The highest BCUT2D eigenvalue weighted by atomic mass is 16.7. The number of aryl methyl sites for hydroxylation is 1. The topological polar surface area (TPSA) is 65.4 Å². The average Bonchev–Trinajstić information content (AvgIpc) is 3.12. The summed E-state index contributed by atoms with van der Waals surface area (Å²) in [6.07, 6.45) is 0.952. The van der Waals surface area contributed by atoms with Crippen LogP contribution in [0.3, 0.4) is 0 Å². The summed E-state index contributed by atoms with van der Waals surface area (Å²) in [6, 6.07) is 7.50. The minimum Gasteiger partial charge on any atom is -0.454 e. The molecule has 122 valence electrons. The molecular formula is C17H21N3O3. The number of aromatic nitrogens is 2. The molecule has 0 radical (unpaired) electrons. The van der Waals surface area contributed by atoms with Gasteiger partial charge in [-0.05, 0) is 36.6 Å². The van der Waals surface area contributed by atoms with Gasteiger partial charge in [-0.2, -0.15) is 5.10 Å². The van der Waals surface area contributed by atoms with Crippen LogP contribution in [0.1, 0.15) is 30.8 Å². The van der Waals surface area contributed by atoms with Crippen LogP contribution < -0.4 is 14.8 Å². The van der Waals surface area contributed by atoms with Crippen molar-refractivity contribution in [2.45, 2.75) is 20.3 Å². The Morgan fingerprint density at radius 1 is 1.30 bits per heavy atom. The Kier molecular flexibility index (Phi) is 4.23. The lowest BCUT2D eigenvalue weighted by Crippen LogP contribution is -2.25. The van der Waals surface area contributed by atoms with E-state index in [1.54, 1.807) is 10.7 Å². The highest BCUT2D eigenvalue weighted by molar-refractivity contribution is 5.93. The van der Waals surface area contributed by atoms with Crippen LogP contribution in [-0.2, 0) is 7.05 Å². The predicted octanol–water partition coefficient (Wildman–Crippen LogP) is 2.59. The number of ether oxygens (including phenoxy) is 2. The zero-order valence-electron chi connectivity index (χ0n) is 13.6. The molecule has 0 unspecified atom stereocenters. The second kappa shape index (κ2) is 6.32. The maximum atomic E-state index is 12.2. The molecule has 3 rings (SSSR count). The summed E-state index contributed by atoms with van der Waals surface area (Å²) in [5, 5.41) is 7.22. The van der Waals surface area contributed by atoms with Gasteiger partial charge in [-0.25, -0.2) is 0 Å². The molecule has 0 saturated heterocycles. The van der Waals surface area contributed by atoms with E-state index in [9.17, 15) is 4.79 Å². The fraction of sp³-hybridized carbons (Fsp3) is 0.412. The van der Waals surface area contributed by atoms with Crippen LogP contribution in [0.4, 0.5) is 0 Å². The summed E-state index contributed by atoms with van der Waals surface area (Å²) in [6.45, 7) is 5.16. The van der Waals surface area contributed by atoms with Crippen molar-refractivity contribution in [1.82, 2.24) is 15.1 Å². The molecular weight excluding hydrogens is 294 g/mol. The quantitative estimate of drug-likeness (QED) is 0.921. The Labute approximate surface area is 135 Å². The number of rotatable bonds is 5. The second-order valence-electron chi connectivity index (χ2n) is 6.04. The Morgan fingerprint density at radius 3 is 2.87 bits per heavy atom. The monoisotopic (exact) mass is 315 g/mol. The number of amides is 1. The highest BCUT2D eigenvalue weighted by Crippen LogP contribution is 2.35. The zero-order chi connectivity index (χ0) is 16.4. The molecule has 1 aliphatic heterocycles. The molecule has 2 heterocycles. The molecule has 6 nitrogen and oxygen atoms in total. The standard InChI is InChI=1S/C17H21N3O3/c1-11(2)6-7-18-17(21)13-9-14(20(3)19-13)12-4-5-15-16(8-12)23-10-22-15/h4-5,8-9,11H,6-7,10H2,1-3H3,(H,18,21). The molecule has 1 aliphatic rings. The van der Waals surface area contributed by atoms with E-state index in [1.807, 2.05) is 25.2 Å². The van der Waals surface area contributed by atoms with E-state index < -0.39 is 0 Å². The first-order chi connectivity index (χ1) is 11.0. The van der Waals surface area contributed by atoms with Crippen molar-refractivity contribution in [1.29, 1.82) is 0 Å². The molecule has 0 bridgehead atoms. The maximum Gasteiger partial charge on any atom is 0.271 e. The van der Waals surface area contributed by atoms with Gasteiger partial charge >= 0.3 is 0 Å². The average molecular weight is 315 g/mol. The minimum absolute atomic E-state index is 0.145. The molecule has 0 spiro atoms. The third-order valence-electron chi connectivity index (χ3n) is 3.79. The SMILES string of the molecule is CC(C)CCNC(=O)c1cc(-c2ccc3c(c2)OCO3)n(C)n1. The van der Waals surface area contributed by atoms with Crippen molar-refractivity contribution in [3.8, 4) is 22.8 Å². The van der Waals surface area contributed by atoms with Crippen LogP contribution in [0, 0.1) is 5.92 Å². The van der Waals surface area contributed by atoms with Gasteiger partial charge < -0.3 is 14.8 Å². The number of nitrogens with one attached hydrogen (secondary N) is 1. The lowest BCUT2D eigenvalue weighted by molar-refractivity contribution is 0.0946. The second-order valence-corrected chi connectivity index (χ2v) is 6.04. The maximum absolute atomic E-state index is 12.2. The van der Waals surface area contributed by atoms with Crippen molar-refractivity contribution in [3.63, 3.8) is 0 Å². The van der Waals surface area contributed by atoms with E-state index in [1.165, 1.54) is 0 Å². The number of carbonyl (C=O) groups excluding carboxylic acids is 1. The zero-order valence-corrected chi connectivity index (χ0v) is 13.6. The molecule has 0 atom stereocenters. The Bertz CT molecular complexity index is 722. The van der Waals surface area contributed by atoms with E-state index in [-0.39, 0.29) is 12.7 Å². The third kappa shape index (κ3) is 3.31. The number of nitrogens with zero attached hydrogens (tertiary/aromatic N) is 2. The fourth-order valence-corrected chi connectivity index (χ4v) is 2.47. The third-order valence-corrected chi connectivity index (χ3v) is 3.79. The molecule has 23 heavy (non-hydrogen) atoms. The molecule has 6 heteroatoms. The first-order valence-electron chi connectivity index (χ1n) is 7.77. The van der Waals surface area contributed by atoms with Gasteiger partial charge in [-0.3, -0.25) is 9.48 Å². The lowest BCUT2D eigenvalue weighted by atomic mass is 10.1. The van der Waals surface area contributed by atoms with E-state index in [0.29, 0.717) is 23.9 Å². The number of benzene rings is 1. The van der Waals surface area contributed by atoms with Crippen molar-refractivity contribution in [3.05, 3.63) is 30.0 Å². The van der Waals surface area contributed by atoms with Gasteiger partial charge in [0.05, 0.1) is 5.69 Å². The van der Waals surface area contributed by atoms with Crippen LogP contribution in [0.5, 0.6) is 11.5 Å². The minimum atomic E-state index is -0.145. The number of fused-ring (bicyclic) bond motifs is 1. The van der Waals surface area contributed by atoms with E-state index in [0.717, 1.165) is 23.4 Å². The van der Waals surface area contributed by atoms with Gasteiger partial charge in [0, 0.05) is 19.2 Å². The van der Waals surface area contributed by atoms with Crippen LogP contribution >= 0.6 is 0 Å². The summed E-state index contributed by atoms with van der Waals surface area (Å²) in [5.74, 6) is 1.87. The Hall–Kier alpha value is -2.50. The predicted molar refractivity (Wildman–Crippen MR) is 86.6 cm³/mol. The number of hydrogen-bond donors (Lipinski definition) is 1. The molecule has 2 aromatic rings. The highest BCUT2D eigenvalue weighted by Gasteiger charge is 2.17. The van der Waals surface area contributed by atoms with Crippen molar-refractivity contribution >= 4 is 5.91 Å². The van der Waals surface area contributed by atoms with Gasteiger partial charge in [0.1, 0.15) is 0 Å². The van der Waals surface area contributed by atoms with Crippen molar-refractivity contribution in [2.24, 2.45) is 13.0 Å². The molecule has 0 aliphatic carbocycles. The summed E-state index contributed by atoms with van der Waals surface area (Å²) in [7, 11) is 1.82. The van der Waals surface area contributed by atoms with E-state index in [2.05, 4.69) is 24.3 Å². The summed E-state index contributed by atoms with van der Waals surface area (Å²) in [5.41, 5.74) is 2.21. The normalized spacial score (nSPS) is 12.7. The van der Waals surface area contributed by atoms with Crippen molar-refractivity contribution < 1.29 is 14.3 Å². The van der Waals surface area contributed by atoms with Crippen molar-refractivity contribution in [2.75, 3.05) is 13.3 Å².